The summed E-state index contributed by atoms with van der Waals surface area (Å²) in [5, 5.41) is 0.709. The number of carbonyl (C=O) groups excluding carboxylic acids is 1. The molecular formula is C28H26FN3O2S. The summed E-state index contributed by atoms with van der Waals surface area (Å²) in [6.45, 7) is 5.26. The maximum absolute atomic E-state index is 14.1. The number of anilines is 1. The predicted octanol–water partition coefficient (Wildman–Crippen LogP) is 5.51. The van der Waals surface area contributed by atoms with E-state index in [1.807, 2.05) is 41.3 Å². The largest absolute Gasteiger partial charge is 0.489 e. The Morgan fingerprint density at radius 3 is 2.49 bits per heavy atom. The fraction of sp³-hybridized carbons (Fsp3) is 0.214. The maximum Gasteiger partial charge on any atom is 0.286 e. The van der Waals surface area contributed by atoms with Gasteiger partial charge in [0.2, 0.25) is 0 Å². The molecule has 5 nitrogen and oxygen atoms in total. The average Bonchev–Trinajstić information content (AvgIpc) is 3.24. The van der Waals surface area contributed by atoms with E-state index in [0.717, 1.165) is 16.9 Å². The number of hydrogen-bond acceptors (Lipinski definition) is 5. The number of para-hydroxylation sites is 1. The number of thioether (sulfide) groups is 1. The Morgan fingerprint density at radius 1 is 0.971 bits per heavy atom. The highest BCUT2D eigenvalue weighted by atomic mass is 32.2. The first-order valence-corrected chi connectivity index (χ1v) is 12.4. The third-order valence-electron chi connectivity index (χ3n) is 6.03. The average molecular weight is 488 g/mol. The van der Waals surface area contributed by atoms with Gasteiger partial charge in [0.25, 0.3) is 5.91 Å². The van der Waals surface area contributed by atoms with Crippen molar-refractivity contribution in [3.63, 3.8) is 0 Å². The first-order valence-electron chi connectivity index (χ1n) is 11.6. The summed E-state index contributed by atoms with van der Waals surface area (Å²) in [6, 6.07) is 22.8. The molecular weight excluding hydrogens is 461 g/mol. The summed E-state index contributed by atoms with van der Waals surface area (Å²) in [5.41, 5.74) is 3.83. The van der Waals surface area contributed by atoms with Gasteiger partial charge in [-0.15, -0.1) is 0 Å². The monoisotopic (exact) mass is 487 g/mol. The van der Waals surface area contributed by atoms with E-state index in [0.29, 0.717) is 48.5 Å². The van der Waals surface area contributed by atoms with Crippen LogP contribution in [0, 0.1) is 12.7 Å². The minimum atomic E-state index is -0.229. The van der Waals surface area contributed by atoms with Gasteiger partial charge in [-0.05, 0) is 60.2 Å². The number of halogens is 1. The number of aryl methyl sites for hydroxylation is 1. The third kappa shape index (κ3) is 5.57. The minimum Gasteiger partial charge on any atom is -0.489 e. The summed E-state index contributed by atoms with van der Waals surface area (Å²) in [6.07, 6.45) is 1.86. The van der Waals surface area contributed by atoms with Crippen molar-refractivity contribution in [1.29, 1.82) is 0 Å². The molecule has 5 rings (SSSR count). The molecule has 0 atom stereocenters. The van der Waals surface area contributed by atoms with Crippen LogP contribution in [-0.4, -0.2) is 42.2 Å². The standard InChI is InChI=1S/C28H26FN3O2S/c1-20-9-11-21(12-10-20)19-34-23-6-4-5-22(17-23)18-26-27(33)30-28(35-26)32-15-13-31(14-16-32)25-8-3-2-7-24(25)29/h2-12,17-18H,13-16,19H2,1H3. The highest BCUT2D eigenvalue weighted by Crippen LogP contribution is 2.32. The number of rotatable bonds is 5. The quantitative estimate of drug-likeness (QED) is 0.445. The number of hydrogen-bond donors (Lipinski definition) is 0. The summed E-state index contributed by atoms with van der Waals surface area (Å²) < 4.78 is 20.1. The molecule has 2 aliphatic heterocycles. The van der Waals surface area contributed by atoms with Crippen LogP contribution in [0.1, 0.15) is 16.7 Å². The van der Waals surface area contributed by atoms with E-state index >= 15 is 0 Å². The molecule has 1 saturated heterocycles. The molecule has 35 heavy (non-hydrogen) atoms. The molecule has 1 fully saturated rings. The number of benzene rings is 3. The Morgan fingerprint density at radius 2 is 1.71 bits per heavy atom. The maximum atomic E-state index is 14.1. The van der Waals surface area contributed by atoms with Gasteiger partial charge in [-0.2, -0.15) is 4.99 Å². The van der Waals surface area contributed by atoms with E-state index in [4.69, 9.17) is 4.74 Å². The smallest absolute Gasteiger partial charge is 0.286 e. The second kappa shape index (κ2) is 10.4. The lowest BCUT2D eigenvalue weighted by Crippen LogP contribution is -2.48. The first-order chi connectivity index (χ1) is 17.0. The lowest BCUT2D eigenvalue weighted by atomic mass is 10.1. The molecule has 1 amide bonds. The minimum absolute atomic E-state index is 0.209. The van der Waals surface area contributed by atoms with Gasteiger partial charge in [-0.1, -0.05) is 54.1 Å². The molecule has 0 radical (unpaired) electrons. The van der Waals surface area contributed by atoms with Crippen LogP contribution in [-0.2, 0) is 11.4 Å². The number of nitrogens with zero attached hydrogens (tertiary/aromatic N) is 3. The van der Waals surface area contributed by atoms with Gasteiger partial charge >= 0.3 is 0 Å². The van der Waals surface area contributed by atoms with Crippen LogP contribution >= 0.6 is 11.8 Å². The fourth-order valence-corrected chi connectivity index (χ4v) is 5.04. The van der Waals surface area contributed by atoms with Crippen molar-refractivity contribution in [3.05, 3.63) is 100 Å². The number of carbonyl (C=O) groups is 1. The Kier molecular flexibility index (Phi) is 6.86. The Bertz CT molecular complexity index is 1280. The number of amides is 1. The van der Waals surface area contributed by atoms with Crippen LogP contribution in [0.25, 0.3) is 6.08 Å². The van der Waals surface area contributed by atoms with Gasteiger partial charge < -0.3 is 14.5 Å². The molecule has 0 aliphatic carbocycles. The molecule has 0 N–H and O–H groups in total. The van der Waals surface area contributed by atoms with Crippen LogP contribution in [0.3, 0.4) is 0 Å². The van der Waals surface area contributed by atoms with Crippen LogP contribution in [0.4, 0.5) is 10.1 Å². The van der Waals surface area contributed by atoms with Gasteiger partial charge in [-0.25, -0.2) is 4.39 Å². The molecule has 7 heteroatoms. The molecule has 0 spiro atoms. The van der Waals surface area contributed by atoms with Crippen molar-refractivity contribution in [2.75, 3.05) is 31.1 Å². The van der Waals surface area contributed by atoms with Gasteiger partial charge in [0, 0.05) is 26.2 Å². The van der Waals surface area contributed by atoms with E-state index in [1.54, 1.807) is 12.1 Å². The zero-order valence-corrected chi connectivity index (χ0v) is 20.3. The van der Waals surface area contributed by atoms with Crippen LogP contribution in [0.2, 0.25) is 0 Å². The van der Waals surface area contributed by atoms with E-state index in [-0.39, 0.29) is 11.7 Å². The zero-order valence-electron chi connectivity index (χ0n) is 19.5. The summed E-state index contributed by atoms with van der Waals surface area (Å²) in [4.78, 5) is 21.6. The fourth-order valence-electron chi connectivity index (χ4n) is 4.08. The zero-order chi connectivity index (χ0) is 24.2. The van der Waals surface area contributed by atoms with Gasteiger partial charge in [0.05, 0.1) is 10.6 Å². The van der Waals surface area contributed by atoms with E-state index in [9.17, 15) is 9.18 Å². The molecule has 0 saturated carbocycles. The SMILES string of the molecule is Cc1ccc(COc2cccc(C=C3SC(N4CCN(c5ccccc5F)CC4)=NC3=O)c2)cc1. The van der Waals surface area contributed by atoms with Gasteiger partial charge in [0.15, 0.2) is 5.17 Å². The second-order valence-electron chi connectivity index (χ2n) is 8.58. The molecule has 0 aromatic heterocycles. The molecule has 3 aromatic carbocycles. The molecule has 2 heterocycles. The lowest BCUT2D eigenvalue weighted by molar-refractivity contribution is -0.113. The second-order valence-corrected chi connectivity index (χ2v) is 9.59. The number of ether oxygens (including phenoxy) is 1. The molecule has 0 bridgehead atoms. The Hall–Kier alpha value is -3.58. The van der Waals surface area contributed by atoms with Crippen molar-refractivity contribution < 1.29 is 13.9 Å². The Labute approximate surface area is 208 Å². The molecule has 178 valence electrons. The Balaban J connectivity index is 1.19. The van der Waals surface area contributed by atoms with Crippen LogP contribution in [0.15, 0.2) is 82.7 Å². The van der Waals surface area contributed by atoms with Gasteiger partial charge in [0.1, 0.15) is 18.2 Å². The van der Waals surface area contributed by atoms with E-state index in [1.165, 1.54) is 23.4 Å². The number of amidine groups is 1. The normalized spacial score (nSPS) is 17.1. The highest BCUT2D eigenvalue weighted by Gasteiger charge is 2.29. The number of aliphatic imine (C=N–C) groups is 1. The lowest BCUT2D eigenvalue weighted by Gasteiger charge is -2.36. The van der Waals surface area contributed by atoms with Crippen molar-refractivity contribution >= 4 is 34.6 Å². The number of piperazine rings is 1. The third-order valence-corrected chi connectivity index (χ3v) is 7.08. The molecule has 3 aromatic rings. The first kappa shape index (κ1) is 23.2. The van der Waals surface area contributed by atoms with Crippen molar-refractivity contribution in [2.24, 2.45) is 4.99 Å². The van der Waals surface area contributed by atoms with Crippen LogP contribution in [0.5, 0.6) is 5.75 Å². The highest BCUT2D eigenvalue weighted by molar-refractivity contribution is 8.18. The summed E-state index contributed by atoms with van der Waals surface area (Å²) in [5.74, 6) is 0.312. The van der Waals surface area contributed by atoms with Gasteiger partial charge in [-0.3, -0.25) is 4.79 Å². The van der Waals surface area contributed by atoms with Crippen molar-refractivity contribution in [1.82, 2.24) is 4.90 Å². The van der Waals surface area contributed by atoms with Crippen molar-refractivity contribution in [2.45, 2.75) is 13.5 Å². The van der Waals surface area contributed by atoms with E-state index < -0.39 is 0 Å². The van der Waals surface area contributed by atoms with Crippen molar-refractivity contribution in [3.8, 4) is 5.75 Å². The molecule has 2 aliphatic rings. The van der Waals surface area contributed by atoms with E-state index in [2.05, 4.69) is 41.1 Å². The van der Waals surface area contributed by atoms with Crippen LogP contribution < -0.4 is 9.64 Å². The predicted molar refractivity (Wildman–Crippen MR) is 140 cm³/mol. The molecule has 0 unspecified atom stereocenters. The summed E-state index contributed by atoms with van der Waals surface area (Å²) >= 11 is 1.39. The summed E-state index contributed by atoms with van der Waals surface area (Å²) in [7, 11) is 0. The topological polar surface area (TPSA) is 45.1 Å².